The fourth-order valence-electron chi connectivity index (χ4n) is 0. The largest absolute Gasteiger partial charge is 0.153 e. The normalized spacial score (nSPS) is 0. The van der Waals surface area contributed by atoms with E-state index in [9.17, 15) is 0 Å². The molecule has 0 saturated heterocycles. The summed E-state index contributed by atoms with van der Waals surface area (Å²) < 4.78 is 0. The van der Waals surface area contributed by atoms with Crippen LogP contribution in [0.1, 0.15) is 0 Å². The Bertz CT molecular complexity index is 8.00. The first-order valence-corrected chi connectivity index (χ1v) is 0. The van der Waals surface area contributed by atoms with Gasteiger partial charge in [0.25, 0.3) is 0 Å². The van der Waals surface area contributed by atoms with Crippen LogP contribution in [0.4, 0.5) is 0 Å². The van der Waals surface area contributed by atoms with Crippen molar-refractivity contribution in [2.75, 3.05) is 0 Å². The molecule has 0 amide bonds. The molecule has 0 aromatic heterocycles. The fraction of sp³-hybridized carbons (Fsp3) is 0. The van der Waals surface area contributed by atoms with E-state index >= 15 is 0 Å². The molecule has 0 bridgehead atoms. The second-order valence-electron chi connectivity index (χ2n) is 0. The van der Waals surface area contributed by atoms with Crippen molar-refractivity contribution < 1.29 is 21.7 Å². The summed E-state index contributed by atoms with van der Waals surface area (Å²) >= 11 is 0. The molecule has 0 aliphatic rings. The molecule has 0 saturated carbocycles. The Balaban J connectivity index is 0. The second-order valence-corrected chi connectivity index (χ2v) is 0. The van der Waals surface area contributed by atoms with Crippen LogP contribution in [0.2, 0.25) is 0 Å². The molecule has 0 nitrogen and oxygen atoms in total. The molecule has 0 aromatic rings. The van der Waals surface area contributed by atoms with Gasteiger partial charge in [-0.3, -0.25) is 0 Å². The van der Waals surface area contributed by atoms with E-state index in [1.807, 2.05) is 0 Å². The van der Waals surface area contributed by atoms with Crippen molar-refractivity contribution in [1.82, 2.24) is 0 Å². The summed E-state index contributed by atoms with van der Waals surface area (Å²) in [5.41, 5.74) is 0. The third kappa shape index (κ3) is 9.50. The van der Waals surface area contributed by atoms with Crippen molar-refractivity contribution in [3.63, 3.8) is 0 Å². The summed E-state index contributed by atoms with van der Waals surface area (Å²) in [6.07, 6.45) is 0. The summed E-state index contributed by atoms with van der Waals surface area (Å²) in [5, 5.41) is 0. The van der Waals surface area contributed by atoms with Crippen molar-refractivity contribution >= 4 is 104 Å². The fourth-order valence-corrected chi connectivity index (χ4v) is 0. The molecule has 0 rings (SSSR count). The first-order valence-electron chi connectivity index (χ1n) is 0. The van der Waals surface area contributed by atoms with Crippen LogP contribution >= 0.6 is 9.90 Å². The van der Waals surface area contributed by atoms with E-state index in [0.717, 1.165) is 0 Å². The van der Waals surface area contributed by atoms with Gasteiger partial charge in [-0.2, -0.15) is 9.90 Å². The Morgan fingerprint density at radius 1 is 1.00 bits per heavy atom. The minimum Gasteiger partial charge on any atom is -0.153 e. The van der Waals surface area contributed by atoms with E-state index in [1.54, 1.807) is 0 Å². The van der Waals surface area contributed by atoms with E-state index in [2.05, 4.69) is 0 Å². The van der Waals surface area contributed by atoms with E-state index in [0.29, 0.717) is 0 Å². The summed E-state index contributed by atoms with van der Waals surface area (Å²) in [7, 11) is 0. The van der Waals surface area contributed by atoms with Gasteiger partial charge in [0, 0.05) is 116 Å². The average Bonchev–Trinajstić information content (AvgIpc) is 0. The van der Waals surface area contributed by atoms with Gasteiger partial charge in [-0.1, -0.05) is 0 Å². The molecule has 4 radical (unpaired) electrons. The predicted molar refractivity (Wildman–Crippen MR) is 22.6 cm³/mol. The van der Waals surface area contributed by atoms with Crippen LogP contribution in [0.3, 0.4) is 0 Å². The molecule has 0 fully saturated rings. The molecule has 4 heteroatoms. The smallest absolute Gasteiger partial charge is 0 e. The van der Waals surface area contributed by atoms with Gasteiger partial charge in [-0.15, -0.1) is 0 Å². The van der Waals surface area contributed by atoms with E-state index in [1.165, 1.54) is 0 Å². The molecule has 0 aromatic carbocycles. The number of hydrogen-bond donors (Lipinski definition) is 0. The minimum absolute atomic E-state index is 0. The topological polar surface area (TPSA) is 0 Å². The Morgan fingerprint density at radius 2 is 1.00 bits per heavy atom. The minimum atomic E-state index is 0. The zero-order valence-corrected chi connectivity index (χ0v) is 13.5. The summed E-state index contributed by atoms with van der Waals surface area (Å²) in [5.74, 6) is 0. The zero-order chi connectivity index (χ0) is 0. The van der Waals surface area contributed by atoms with Crippen LogP contribution in [0.5, 0.6) is 0 Å². The Labute approximate surface area is 122 Å². The molecule has 16 valence electrons. The van der Waals surface area contributed by atoms with Crippen LogP contribution in [0.25, 0.3) is 0 Å². The maximum Gasteiger partial charge on any atom is 0 e. The third-order valence-electron chi connectivity index (χ3n) is 0. The van der Waals surface area contributed by atoms with Gasteiger partial charge < -0.3 is 0 Å². The zero-order valence-electron chi connectivity index (χ0n) is 2.62. The number of rotatable bonds is 0. The van der Waals surface area contributed by atoms with Gasteiger partial charge >= 0.3 is 0 Å². The molecule has 0 N–H and O–H groups in total. The predicted octanol–water partition coefficient (Wildman–Crippen LogP) is -0.706. The molecule has 4 heavy (non-hydrogen) atoms. The van der Waals surface area contributed by atoms with Gasteiger partial charge in [0.1, 0.15) is 0 Å². The van der Waals surface area contributed by atoms with Crippen molar-refractivity contribution in [2.24, 2.45) is 0 Å². The molecule has 0 aliphatic heterocycles. The molecular weight excluding hydrogens is 304 g/mol. The van der Waals surface area contributed by atoms with Gasteiger partial charge in [-0.25, -0.2) is 0 Å². The third-order valence-corrected chi connectivity index (χ3v) is 0. The van der Waals surface area contributed by atoms with Crippen LogP contribution in [-0.4, -0.2) is 94.4 Å². The van der Waals surface area contributed by atoms with Gasteiger partial charge in [0.2, 0.25) is 0 Å². The standard InChI is InChI=1S/Ba.H3P.Sr.Ti/h;1H3;;. The summed E-state index contributed by atoms with van der Waals surface area (Å²) in [4.78, 5) is 0. The van der Waals surface area contributed by atoms with Crippen molar-refractivity contribution in [2.45, 2.75) is 0 Å². The first kappa shape index (κ1) is 24.1. The molecule has 0 aliphatic carbocycles. The average molecular weight is 307 g/mol. The second kappa shape index (κ2) is 15.7. The van der Waals surface area contributed by atoms with Crippen LogP contribution in [0.15, 0.2) is 0 Å². The van der Waals surface area contributed by atoms with Gasteiger partial charge in [0.05, 0.1) is 0 Å². The maximum atomic E-state index is 0. The van der Waals surface area contributed by atoms with Crippen LogP contribution in [0, 0.1) is 0 Å². The Kier molecular flexibility index (Phi) is 94.6. The molecule has 0 spiro atoms. The van der Waals surface area contributed by atoms with Gasteiger partial charge in [-0.05, 0) is 0 Å². The first-order chi connectivity index (χ1) is 0. The van der Waals surface area contributed by atoms with E-state index < -0.39 is 0 Å². The summed E-state index contributed by atoms with van der Waals surface area (Å²) in [6.45, 7) is 0. The Morgan fingerprint density at radius 3 is 1.00 bits per heavy atom. The van der Waals surface area contributed by atoms with Crippen LogP contribution < -0.4 is 0 Å². The SMILES string of the molecule is P.[Ba].[Sr].[Ti]. The molecular formula is H3BaPSrTi. The van der Waals surface area contributed by atoms with Crippen molar-refractivity contribution in [3.05, 3.63) is 0 Å². The van der Waals surface area contributed by atoms with Crippen LogP contribution in [-0.2, 0) is 21.7 Å². The Hall–Kier alpha value is 4.20. The van der Waals surface area contributed by atoms with Crippen molar-refractivity contribution in [3.8, 4) is 0 Å². The maximum absolute atomic E-state index is 0. The van der Waals surface area contributed by atoms with Gasteiger partial charge in [0.15, 0.2) is 0 Å². The summed E-state index contributed by atoms with van der Waals surface area (Å²) in [6, 6.07) is 0. The number of hydrogen-bond acceptors (Lipinski definition) is 0. The molecule has 1 atom stereocenters. The van der Waals surface area contributed by atoms with E-state index in [-0.39, 0.29) is 126 Å². The monoisotopic (exact) mass is 308 g/mol. The quantitative estimate of drug-likeness (QED) is 0.410. The van der Waals surface area contributed by atoms with Crippen molar-refractivity contribution in [1.29, 1.82) is 0 Å². The molecule has 1 unspecified atom stereocenters. The molecule has 0 heterocycles. The van der Waals surface area contributed by atoms with E-state index in [4.69, 9.17) is 0 Å².